The Bertz CT molecular complexity index is 557. The molecule has 0 radical (unpaired) electrons. The lowest BCUT2D eigenvalue weighted by atomic mass is 10.3. The van der Waals surface area contributed by atoms with Crippen molar-refractivity contribution in [3.63, 3.8) is 0 Å². The maximum atomic E-state index is 6.09. The highest BCUT2D eigenvalue weighted by atomic mass is 35.5. The van der Waals surface area contributed by atoms with Crippen LogP contribution in [0.15, 0.2) is 22.9 Å². The minimum Gasteiger partial charge on any atom is -0.360 e. The largest absolute Gasteiger partial charge is 0.360 e. The summed E-state index contributed by atoms with van der Waals surface area (Å²) < 4.78 is 5.25. The average molecular weight is 300 g/mol. The summed E-state index contributed by atoms with van der Waals surface area (Å²) in [7, 11) is 1.97. The molecular weight excluding hydrogens is 285 g/mol. The van der Waals surface area contributed by atoms with Crippen molar-refractivity contribution in [3.8, 4) is 0 Å². The van der Waals surface area contributed by atoms with Crippen molar-refractivity contribution in [1.82, 2.24) is 15.0 Å². The molecule has 0 bridgehead atoms. The second-order valence-corrected chi connectivity index (χ2v) is 5.24. The van der Waals surface area contributed by atoms with Crippen molar-refractivity contribution < 1.29 is 4.52 Å². The van der Waals surface area contributed by atoms with E-state index in [0.717, 1.165) is 23.6 Å². The maximum absolute atomic E-state index is 6.09. The van der Waals surface area contributed by atoms with Crippen LogP contribution in [0.5, 0.6) is 0 Å². The van der Waals surface area contributed by atoms with Crippen molar-refractivity contribution >= 4 is 23.2 Å². The minimum atomic E-state index is 0.541. The van der Waals surface area contributed by atoms with Crippen LogP contribution in [0.3, 0.4) is 0 Å². The monoisotopic (exact) mass is 299 g/mol. The van der Waals surface area contributed by atoms with Gasteiger partial charge in [0.05, 0.1) is 28.0 Å². The first-order valence-corrected chi connectivity index (χ1v) is 6.77. The molecule has 2 heterocycles. The normalized spacial score (nSPS) is 11.2. The van der Waals surface area contributed by atoms with E-state index in [1.807, 2.05) is 20.0 Å². The average Bonchev–Trinajstić information content (AvgIpc) is 2.80. The standard InChI is InChI=1S/C13H15Cl2N3O/c1-3-10-5-11(19-17-10)7-18(2)8-13-12(15)4-9(14)6-16-13/h4-6H,3,7-8H2,1-2H3. The molecule has 6 heteroatoms. The first kappa shape index (κ1) is 14.3. The van der Waals surface area contributed by atoms with E-state index in [1.54, 1.807) is 12.3 Å². The van der Waals surface area contributed by atoms with Gasteiger partial charge in [0.15, 0.2) is 5.76 Å². The first-order valence-electron chi connectivity index (χ1n) is 6.01. The maximum Gasteiger partial charge on any atom is 0.150 e. The molecule has 0 spiro atoms. The molecule has 4 nitrogen and oxygen atoms in total. The van der Waals surface area contributed by atoms with Gasteiger partial charge in [-0.1, -0.05) is 35.3 Å². The zero-order valence-electron chi connectivity index (χ0n) is 10.9. The molecular formula is C13H15Cl2N3O. The van der Waals surface area contributed by atoms with E-state index in [4.69, 9.17) is 27.7 Å². The summed E-state index contributed by atoms with van der Waals surface area (Å²) in [4.78, 5) is 6.29. The van der Waals surface area contributed by atoms with Crippen LogP contribution in [0, 0.1) is 0 Å². The molecule has 0 saturated heterocycles. The third kappa shape index (κ3) is 3.93. The fourth-order valence-corrected chi connectivity index (χ4v) is 2.17. The van der Waals surface area contributed by atoms with Gasteiger partial charge in [0.1, 0.15) is 0 Å². The lowest BCUT2D eigenvalue weighted by molar-refractivity contribution is 0.263. The number of aryl methyl sites for hydroxylation is 1. The van der Waals surface area contributed by atoms with E-state index in [-0.39, 0.29) is 0 Å². The number of aromatic nitrogens is 2. The van der Waals surface area contributed by atoms with E-state index in [9.17, 15) is 0 Å². The fraction of sp³-hybridized carbons (Fsp3) is 0.385. The third-order valence-corrected chi connectivity index (χ3v) is 3.23. The summed E-state index contributed by atoms with van der Waals surface area (Å²) in [6, 6.07) is 3.66. The predicted octanol–water partition coefficient (Wildman–Crippen LogP) is 3.57. The summed E-state index contributed by atoms with van der Waals surface area (Å²) in [6.07, 6.45) is 2.47. The van der Waals surface area contributed by atoms with Gasteiger partial charge in [0.25, 0.3) is 0 Å². The van der Waals surface area contributed by atoms with Gasteiger partial charge in [-0.05, 0) is 19.5 Å². The smallest absolute Gasteiger partial charge is 0.150 e. The Kier molecular flexibility index (Phi) is 4.80. The summed E-state index contributed by atoms with van der Waals surface area (Å²) in [5, 5.41) is 5.08. The van der Waals surface area contributed by atoms with Crippen LogP contribution in [0.2, 0.25) is 10.0 Å². The SMILES string of the molecule is CCc1cc(CN(C)Cc2ncc(Cl)cc2Cl)on1. The Balaban J connectivity index is 1.98. The number of hydrogen-bond donors (Lipinski definition) is 0. The topological polar surface area (TPSA) is 42.2 Å². The van der Waals surface area contributed by atoms with Gasteiger partial charge in [-0.3, -0.25) is 9.88 Å². The van der Waals surface area contributed by atoms with Gasteiger partial charge in [0, 0.05) is 18.8 Å². The molecule has 0 aliphatic rings. The molecule has 0 N–H and O–H groups in total. The van der Waals surface area contributed by atoms with E-state index >= 15 is 0 Å². The second-order valence-electron chi connectivity index (χ2n) is 4.39. The van der Waals surface area contributed by atoms with E-state index in [1.165, 1.54) is 0 Å². The van der Waals surface area contributed by atoms with Crippen LogP contribution in [-0.2, 0) is 19.5 Å². The Labute approximate surface area is 122 Å². The van der Waals surface area contributed by atoms with E-state index < -0.39 is 0 Å². The second kappa shape index (κ2) is 6.37. The molecule has 19 heavy (non-hydrogen) atoms. The summed E-state index contributed by atoms with van der Waals surface area (Å²) >= 11 is 11.9. The van der Waals surface area contributed by atoms with Gasteiger partial charge in [-0.15, -0.1) is 0 Å². The molecule has 0 aliphatic heterocycles. The fourth-order valence-electron chi connectivity index (χ4n) is 1.73. The van der Waals surface area contributed by atoms with Crippen LogP contribution in [0.1, 0.15) is 24.1 Å². The number of rotatable bonds is 5. The lowest BCUT2D eigenvalue weighted by Crippen LogP contribution is -2.17. The molecule has 0 atom stereocenters. The van der Waals surface area contributed by atoms with Crippen LogP contribution < -0.4 is 0 Å². The highest BCUT2D eigenvalue weighted by molar-refractivity contribution is 6.34. The van der Waals surface area contributed by atoms with E-state index in [0.29, 0.717) is 23.1 Å². The number of nitrogens with zero attached hydrogens (tertiary/aromatic N) is 3. The van der Waals surface area contributed by atoms with Crippen LogP contribution in [0.4, 0.5) is 0 Å². The van der Waals surface area contributed by atoms with Crippen LogP contribution in [0.25, 0.3) is 0 Å². The molecule has 0 fully saturated rings. The quantitative estimate of drug-likeness (QED) is 0.846. The Morgan fingerprint density at radius 3 is 2.68 bits per heavy atom. The van der Waals surface area contributed by atoms with Gasteiger partial charge < -0.3 is 4.52 Å². The molecule has 0 amide bonds. The van der Waals surface area contributed by atoms with E-state index in [2.05, 4.69) is 15.0 Å². The van der Waals surface area contributed by atoms with Gasteiger partial charge >= 0.3 is 0 Å². The number of hydrogen-bond acceptors (Lipinski definition) is 4. The lowest BCUT2D eigenvalue weighted by Gasteiger charge is -2.14. The minimum absolute atomic E-state index is 0.541. The zero-order valence-corrected chi connectivity index (χ0v) is 12.4. The first-order chi connectivity index (χ1) is 9.08. The van der Waals surface area contributed by atoms with Crippen LogP contribution >= 0.6 is 23.2 Å². The summed E-state index contributed by atoms with van der Waals surface area (Å²) in [6.45, 7) is 3.33. The number of halogens is 2. The Morgan fingerprint density at radius 2 is 2.05 bits per heavy atom. The Hall–Kier alpha value is -1.10. The highest BCUT2D eigenvalue weighted by Crippen LogP contribution is 2.20. The third-order valence-electron chi connectivity index (χ3n) is 2.70. The van der Waals surface area contributed by atoms with Crippen LogP contribution in [-0.4, -0.2) is 22.1 Å². The summed E-state index contributed by atoms with van der Waals surface area (Å²) in [5.41, 5.74) is 1.76. The van der Waals surface area contributed by atoms with Crippen molar-refractivity contribution in [1.29, 1.82) is 0 Å². The molecule has 0 aromatic carbocycles. The molecule has 2 aromatic rings. The zero-order chi connectivity index (χ0) is 13.8. The molecule has 0 unspecified atom stereocenters. The summed E-state index contributed by atoms with van der Waals surface area (Å²) in [5.74, 6) is 0.837. The van der Waals surface area contributed by atoms with Crippen molar-refractivity contribution in [3.05, 3.63) is 45.5 Å². The number of pyridine rings is 1. The molecule has 102 valence electrons. The van der Waals surface area contributed by atoms with Crippen molar-refractivity contribution in [2.45, 2.75) is 26.4 Å². The molecule has 0 saturated carbocycles. The molecule has 0 aliphatic carbocycles. The predicted molar refractivity (Wildman–Crippen MR) is 75.3 cm³/mol. The molecule has 2 aromatic heterocycles. The van der Waals surface area contributed by atoms with Gasteiger partial charge in [-0.2, -0.15) is 0 Å². The van der Waals surface area contributed by atoms with Crippen molar-refractivity contribution in [2.24, 2.45) is 0 Å². The molecule has 2 rings (SSSR count). The van der Waals surface area contributed by atoms with Gasteiger partial charge in [0.2, 0.25) is 0 Å². The Morgan fingerprint density at radius 1 is 1.26 bits per heavy atom. The highest BCUT2D eigenvalue weighted by Gasteiger charge is 2.10. The van der Waals surface area contributed by atoms with Crippen molar-refractivity contribution in [2.75, 3.05) is 7.05 Å². The van der Waals surface area contributed by atoms with Gasteiger partial charge in [-0.25, -0.2) is 0 Å².